The molecule has 0 aliphatic heterocycles. The van der Waals surface area contributed by atoms with E-state index in [-0.39, 0.29) is 5.92 Å². The zero-order valence-electron chi connectivity index (χ0n) is 23.1. The Kier molecular flexibility index (Phi) is 7.55. The van der Waals surface area contributed by atoms with Crippen LogP contribution in [0.15, 0.2) is 24.3 Å². The third-order valence-corrected chi connectivity index (χ3v) is 10.8. The molecule has 4 aliphatic rings. The monoisotopic (exact) mass is 500 g/mol. The lowest BCUT2D eigenvalue weighted by Crippen LogP contribution is -2.09. The van der Waals surface area contributed by atoms with Crippen molar-refractivity contribution in [1.29, 1.82) is 0 Å². The zero-order valence-corrected chi connectivity index (χ0v) is 23.1. The largest absolute Gasteiger partial charge is 0.507 e. The van der Waals surface area contributed by atoms with E-state index in [2.05, 4.69) is 31.2 Å². The Hall–Kier alpha value is -1.96. The molecule has 0 amide bonds. The number of phenols is 2. The lowest BCUT2D eigenvalue weighted by atomic mass is 9.78. The van der Waals surface area contributed by atoms with Gasteiger partial charge in [0.15, 0.2) is 0 Å². The molecule has 2 nitrogen and oxygen atoms in total. The molecule has 2 aromatic rings. The van der Waals surface area contributed by atoms with E-state index in [1.807, 2.05) is 0 Å². The van der Waals surface area contributed by atoms with Crippen molar-refractivity contribution in [2.75, 3.05) is 0 Å². The van der Waals surface area contributed by atoms with E-state index in [0.29, 0.717) is 35.2 Å². The second-order valence-electron chi connectivity index (χ2n) is 13.0. The molecule has 2 aromatic carbocycles. The summed E-state index contributed by atoms with van der Waals surface area (Å²) in [6.07, 6.45) is 21.2. The minimum atomic E-state index is 0.0445. The fourth-order valence-electron chi connectivity index (χ4n) is 8.63. The van der Waals surface area contributed by atoms with Crippen molar-refractivity contribution in [2.24, 2.45) is 0 Å². The Morgan fingerprint density at radius 2 is 0.865 bits per heavy atom. The van der Waals surface area contributed by atoms with Crippen LogP contribution in [0.4, 0.5) is 0 Å². The number of rotatable bonds is 7. The molecule has 6 rings (SSSR count). The summed E-state index contributed by atoms with van der Waals surface area (Å²) < 4.78 is 0. The van der Waals surface area contributed by atoms with Gasteiger partial charge in [0.1, 0.15) is 11.5 Å². The van der Waals surface area contributed by atoms with Gasteiger partial charge in [-0.15, -0.1) is 0 Å². The molecule has 2 N–H and O–H groups in total. The molecule has 4 aliphatic carbocycles. The van der Waals surface area contributed by atoms with E-state index in [9.17, 15) is 10.2 Å². The highest BCUT2D eigenvalue weighted by Crippen LogP contribution is 2.50. The maximum Gasteiger partial charge on any atom is 0.122 e. The summed E-state index contributed by atoms with van der Waals surface area (Å²) >= 11 is 0. The van der Waals surface area contributed by atoms with Crippen LogP contribution in [-0.4, -0.2) is 10.2 Å². The van der Waals surface area contributed by atoms with Gasteiger partial charge in [-0.2, -0.15) is 0 Å². The summed E-state index contributed by atoms with van der Waals surface area (Å²) in [5, 5.41) is 23.7. The molecule has 37 heavy (non-hydrogen) atoms. The highest BCUT2D eigenvalue weighted by Gasteiger charge is 2.32. The normalized spacial score (nSPS) is 22.2. The van der Waals surface area contributed by atoms with Crippen LogP contribution < -0.4 is 0 Å². The van der Waals surface area contributed by atoms with E-state index in [4.69, 9.17) is 0 Å². The summed E-state index contributed by atoms with van der Waals surface area (Å²) in [7, 11) is 0. The van der Waals surface area contributed by atoms with Gasteiger partial charge in [0.2, 0.25) is 0 Å². The first kappa shape index (κ1) is 25.3. The van der Waals surface area contributed by atoms with Crippen LogP contribution in [-0.2, 0) is 0 Å². The first-order valence-corrected chi connectivity index (χ1v) is 15.9. The number of aromatic hydroxyl groups is 2. The van der Waals surface area contributed by atoms with Gasteiger partial charge < -0.3 is 10.2 Å². The van der Waals surface area contributed by atoms with Crippen LogP contribution in [0.5, 0.6) is 11.5 Å². The molecule has 0 spiro atoms. The van der Waals surface area contributed by atoms with E-state index in [0.717, 1.165) is 17.5 Å². The highest BCUT2D eigenvalue weighted by molar-refractivity contribution is 5.56. The number of benzene rings is 2. The number of phenolic OH excluding ortho intramolecular Hbond substituents is 2. The van der Waals surface area contributed by atoms with Crippen molar-refractivity contribution < 1.29 is 10.2 Å². The molecule has 4 fully saturated rings. The molecule has 4 saturated carbocycles. The Balaban J connectivity index is 1.48. The fraction of sp³-hybridized carbons (Fsp3) is 0.657. The Morgan fingerprint density at radius 3 is 1.19 bits per heavy atom. The number of hydrogen-bond donors (Lipinski definition) is 2. The quantitative estimate of drug-likeness (QED) is 0.397. The molecule has 0 atom stereocenters. The first-order chi connectivity index (χ1) is 18.1. The zero-order chi connectivity index (χ0) is 25.4. The first-order valence-electron chi connectivity index (χ1n) is 15.9. The molecule has 0 radical (unpaired) electrons. The van der Waals surface area contributed by atoms with Crippen LogP contribution in [0.3, 0.4) is 0 Å². The predicted octanol–water partition coefficient (Wildman–Crippen LogP) is 10.3. The van der Waals surface area contributed by atoms with Gasteiger partial charge in [-0.25, -0.2) is 0 Å². The summed E-state index contributed by atoms with van der Waals surface area (Å²) in [6, 6.07) is 9.48. The Morgan fingerprint density at radius 1 is 0.541 bits per heavy atom. The van der Waals surface area contributed by atoms with Gasteiger partial charge in [0, 0.05) is 17.0 Å². The standard InChI is InChI=1S/C35H48O2/c1-2-29(32-21-27(23-11-3-4-12-23)19-30(34(32)36)25-15-7-8-16-25)33-22-28(24-13-5-6-14-24)20-31(35(33)37)26-17-9-10-18-26/h19-26,29,36-37H,2-18H2,1H3. The van der Waals surface area contributed by atoms with E-state index in [1.165, 1.54) is 125 Å². The van der Waals surface area contributed by atoms with Gasteiger partial charge in [-0.1, -0.05) is 82.6 Å². The molecular weight excluding hydrogens is 452 g/mol. The predicted molar refractivity (Wildman–Crippen MR) is 153 cm³/mol. The average Bonchev–Trinajstić information content (AvgIpc) is 3.73. The topological polar surface area (TPSA) is 40.5 Å². The van der Waals surface area contributed by atoms with E-state index < -0.39 is 0 Å². The summed E-state index contributed by atoms with van der Waals surface area (Å²) in [4.78, 5) is 0. The minimum Gasteiger partial charge on any atom is -0.507 e. The highest BCUT2D eigenvalue weighted by atomic mass is 16.3. The lowest BCUT2D eigenvalue weighted by Gasteiger charge is -2.27. The van der Waals surface area contributed by atoms with Crippen molar-refractivity contribution in [2.45, 2.75) is 146 Å². The smallest absolute Gasteiger partial charge is 0.122 e. The maximum absolute atomic E-state index is 11.9. The van der Waals surface area contributed by atoms with Crippen molar-refractivity contribution >= 4 is 0 Å². The van der Waals surface area contributed by atoms with Gasteiger partial charge in [-0.05, 0) is 104 Å². The third-order valence-electron chi connectivity index (χ3n) is 10.8. The second-order valence-corrected chi connectivity index (χ2v) is 13.0. The summed E-state index contributed by atoms with van der Waals surface area (Å²) in [6.45, 7) is 2.25. The van der Waals surface area contributed by atoms with Crippen molar-refractivity contribution in [3.8, 4) is 11.5 Å². The minimum absolute atomic E-state index is 0.0445. The van der Waals surface area contributed by atoms with Gasteiger partial charge in [0.25, 0.3) is 0 Å². The molecule has 0 bridgehead atoms. The van der Waals surface area contributed by atoms with Crippen LogP contribution in [0.25, 0.3) is 0 Å². The van der Waals surface area contributed by atoms with Crippen molar-refractivity contribution in [3.05, 3.63) is 57.6 Å². The third kappa shape index (κ3) is 4.95. The summed E-state index contributed by atoms with van der Waals surface area (Å²) in [5.41, 5.74) is 7.49. The molecule has 0 saturated heterocycles. The van der Waals surface area contributed by atoms with E-state index in [1.54, 1.807) is 0 Å². The van der Waals surface area contributed by atoms with Gasteiger partial charge in [0.05, 0.1) is 0 Å². The molecule has 2 heteroatoms. The van der Waals surface area contributed by atoms with Crippen molar-refractivity contribution in [1.82, 2.24) is 0 Å². The van der Waals surface area contributed by atoms with Gasteiger partial charge in [-0.3, -0.25) is 0 Å². The van der Waals surface area contributed by atoms with Crippen LogP contribution in [0, 0.1) is 0 Å². The van der Waals surface area contributed by atoms with E-state index >= 15 is 0 Å². The van der Waals surface area contributed by atoms with Crippen LogP contribution in [0.2, 0.25) is 0 Å². The molecule has 0 heterocycles. The second kappa shape index (κ2) is 11.0. The average molecular weight is 501 g/mol. The maximum atomic E-state index is 11.9. The SMILES string of the molecule is CCC(c1cc(C2CCCC2)cc(C2CCCC2)c1O)c1cc(C2CCCC2)cc(C2CCCC2)c1O. The lowest BCUT2D eigenvalue weighted by molar-refractivity contribution is 0.438. The van der Waals surface area contributed by atoms with Crippen LogP contribution >= 0.6 is 0 Å². The van der Waals surface area contributed by atoms with Crippen LogP contribution in [0.1, 0.15) is 179 Å². The summed E-state index contributed by atoms with van der Waals surface area (Å²) in [5.74, 6) is 3.36. The molecule has 0 unspecified atom stereocenters. The number of hydrogen-bond acceptors (Lipinski definition) is 2. The molecular formula is C35H48O2. The Labute approximate surface area is 224 Å². The van der Waals surface area contributed by atoms with Crippen molar-refractivity contribution in [3.63, 3.8) is 0 Å². The molecule has 0 aromatic heterocycles. The Bertz CT molecular complexity index is 991. The molecule has 200 valence electrons. The fourth-order valence-corrected chi connectivity index (χ4v) is 8.63. The van der Waals surface area contributed by atoms with Gasteiger partial charge >= 0.3 is 0 Å².